The van der Waals surface area contributed by atoms with Crippen molar-refractivity contribution in [3.63, 3.8) is 0 Å². The molecule has 1 aliphatic rings. The predicted octanol–water partition coefficient (Wildman–Crippen LogP) is 0.913. The summed E-state index contributed by atoms with van der Waals surface area (Å²) >= 11 is 2.00. The summed E-state index contributed by atoms with van der Waals surface area (Å²) in [4.78, 5) is 38.2. The van der Waals surface area contributed by atoms with Crippen molar-refractivity contribution in [3.05, 3.63) is 32.9 Å². The predicted molar refractivity (Wildman–Crippen MR) is 132 cm³/mol. The summed E-state index contributed by atoms with van der Waals surface area (Å²) in [6.07, 6.45) is 0.370. The van der Waals surface area contributed by atoms with Gasteiger partial charge in [-0.2, -0.15) is 0 Å². The van der Waals surface area contributed by atoms with Gasteiger partial charge in [-0.05, 0) is 40.8 Å². The van der Waals surface area contributed by atoms with Crippen molar-refractivity contribution in [2.24, 2.45) is 0 Å². The molecule has 0 fully saturated rings. The Morgan fingerprint density at radius 2 is 2.06 bits per heavy atom. The lowest BCUT2D eigenvalue weighted by Crippen LogP contribution is -2.55. The first-order valence-corrected chi connectivity index (χ1v) is 11.9. The van der Waals surface area contributed by atoms with E-state index in [9.17, 15) is 19.5 Å². The van der Waals surface area contributed by atoms with Crippen LogP contribution in [0.25, 0.3) is 0 Å². The smallest absolute Gasteiger partial charge is 0.247 e. The lowest BCUT2D eigenvalue weighted by Gasteiger charge is -2.40. The quantitative estimate of drug-likeness (QED) is 0.242. The molecule has 0 radical (unpaired) electrons. The van der Waals surface area contributed by atoms with Gasteiger partial charge in [0.25, 0.3) is 0 Å². The number of amides is 2. The summed E-state index contributed by atoms with van der Waals surface area (Å²) in [6, 6.07) is 2.38. The molecule has 0 aliphatic heterocycles. The molecule has 1 aliphatic carbocycles. The van der Waals surface area contributed by atoms with Crippen molar-refractivity contribution in [3.8, 4) is 11.5 Å². The topological polar surface area (TPSA) is 135 Å². The van der Waals surface area contributed by atoms with Gasteiger partial charge in [-0.25, -0.2) is 0 Å². The molecule has 3 unspecified atom stereocenters. The standard InChI is InChI=1S/C23H31IN2O8/c1-4-20(29)26(6-8-32-2)17-11-15(23(31)25-5-7-27)12-18(21(17)30)34-22-16(24)9-14(13-28)10-19(22)33-3/h9-10,12-13,17-18,21,27,30H,4-8,11H2,1-3H3,(H,25,31). The minimum atomic E-state index is -1.16. The third-order valence-corrected chi connectivity index (χ3v) is 6.22. The highest BCUT2D eigenvalue weighted by atomic mass is 127. The van der Waals surface area contributed by atoms with Gasteiger partial charge in [0.2, 0.25) is 11.8 Å². The first-order chi connectivity index (χ1) is 16.3. The van der Waals surface area contributed by atoms with E-state index in [1.807, 2.05) is 22.6 Å². The Morgan fingerprint density at radius 3 is 2.65 bits per heavy atom. The maximum Gasteiger partial charge on any atom is 0.247 e. The molecule has 0 bridgehead atoms. The van der Waals surface area contributed by atoms with Gasteiger partial charge in [0.1, 0.15) is 18.5 Å². The number of benzene rings is 1. The van der Waals surface area contributed by atoms with Crippen molar-refractivity contribution in [2.45, 2.75) is 38.0 Å². The second kappa shape index (κ2) is 13.6. The number of nitrogens with one attached hydrogen (secondary N) is 1. The average molecular weight is 590 g/mol. The molecular weight excluding hydrogens is 559 g/mol. The molecule has 188 valence electrons. The van der Waals surface area contributed by atoms with E-state index in [-0.39, 0.29) is 45.1 Å². The van der Waals surface area contributed by atoms with Crippen molar-refractivity contribution >= 4 is 40.7 Å². The third-order valence-electron chi connectivity index (χ3n) is 5.42. The van der Waals surface area contributed by atoms with E-state index in [1.165, 1.54) is 31.3 Å². The number of nitrogens with zero attached hydrogens (tertiary/aromatic N) is 1. The Balaban J connectivity index is 2.48. The van der Waals surface area contributed by atoms with Crippen LogP contribution in [0.3, 0.4) is 0 Å². The van der Waals surface area contributed by atoms with Gasteiger partial charge in [0.15, 0.2) is 11.5 Å². The van der Waals surface area contributed by atoms with E-state index in [2.05, 4.69) is 5.32 Å². The number of carbonyl (C=O) groups is 3. The summed E-state index contributed by atoms with van der Waals surface area (Å²) < 4.78 is 17.2. The molecule has 1 aromatic carbocycles. The van der Waals surface area contributed by atoms with Crippen molar-refractivity contribution in [2.75, 3.05) is 40.5 Å². The number of aliphatic hydroxyl groups excluding tert-OH is 2. The Labute approximate surface area is 212 Å². The third kappa shape index (κ3) is 6.90. The van der Waals surface area contributed by atoms with Crippen LogP contribution in [0.2, 0.25) is 0 Å². The fraction of sp³-hybridized carbons (Fsp3) is 0.522. The lowest BCUT2D eigenvalue weighted by atomic mass is 9.88. The van der Waals surface area contributed by atoms with Crippen LogP contribution < -0.4 is 14.8 Å². The number of rotatable bonds is 12. The van der Waals surface area contributed by atoms with Crippen LogP contribution in [-0.4, -0.2) is 92.0 Å². The zero-order valence-electron chi connectivity index (χ0n) is 19.5. The molecule has 3 atom stereocenters. The zero-order chi connectivity index (χ0) is 25.3. The molecule has 34 heavy (non-hydrogen) atoms. The first-order valence-electron chi connectivity index (χ1n) is 10.9. The van der Waals surface area contributed by atoms with Crippen molar-refractivity contribution < 1.29 is 38.8 Å². The van der Waals surface area contributed by atoms with Crippen molar-refractivity contribution in [1.82, 2.24) is 10.2 Å². The fourth-order valence-electron chi connectivity index (χ4n) is 3.71. The van der Waals surface area contributed by atoms with E-state index < -0.39 is 24.2 Å². The normalized spacial score (nSPS) is 19.7. The van der Waals surface area contributed by atoms with Crippen molar-refractivity contribution in [1.29, 1.82) is 0 Å². The highest BCUT2D eigenvalue weighted by Gasteiger charge is 2.40. The van der Waals surface area contributed by atoms with Crippen LogP contribution in [-0.2, 0) is 14.3 Å². The van der Waals surface area contributed by atoms with Crippen LogP contribution in [0.1, 0.15) is 30.1 Å². The number of carbonyl (C=O) groups excluding carboxylic acids is 3. The molecule has 2 amide bonds. The Bertz CT molecular complexity index is 907. The number of halogens is 1. The summed E-state index contributed by atoms with van der Waals surface area (Å²) in [5.41, 5.74) is 0.716. The number of hydrogen-bond donors (Lipinski definition) is 3. The Hall–Kier alpha value is -2.22. The number of aldehydes is 1. The monoisotopic (exact) mass is 590 g/mol. The van der Waals surface area contributed by atoms with Gasteiger partial charge in [-0.1, -0.05) is 6.92 Å². The molecule has 10 nitrogen and oxygen atoms in total. The zero-order valence-corrected chi connectivity index (χ0v) is 21.6. The molecule has 2 rings (SSSR count). The number of methoxy groups -OCH3 is 2. The average Bonchev–Trinajstić information content (AvgIpc) is 2.84. The molecule has 0 saturated carbocycles. The van der Waals surface area contributed by atoms with E-state index in [1.54, 1.807) is 13.0 Å². The van der Waals surface area contributed by atoms with Crippen LogP contribution in [0.5, 0.6) is 11.5 Å². The van der Waals surface area contributed by atoms with Gasteiger partial charge in [-0.3, -0.25) is 14.4 Å². The van der Waals surface area contributed by atoms with Gasteiger partial charge in [0, 0.05) is 44.2 Å². The fourth-order valence-corrected chi connectivity index (χ4v) is 4.46. The van der Waals surface area contributed by atoms with E-state index >= 15 is 0 Å². The largest absolute Gasteiger partial charge is 0.493 e. The summed E-state index contributed by atoms with van der Waals surface area (Å²) in [5, 5.41) is 22.9. The van der Waals surface area contributed by atoms with Gasteiger partial charge >= 0.3 is 0 Å². The molecule has 0 saturated heterocycles. The summed E-state index contributed by atoms with van der Waals surface area (Å²) in [7, 11) is 2.95. The van der Waals surface area contributed by atoms with Gasteiger partial charge in [-0.15, -0.1) is 0 Å². The number of hydrogen-bond acceptors (Lipinski definition) is 8. The van der Waals surface area contributed by atoms with Crippen LogP contribution in [0.4, 0.5) is 0 Å². The second-order valence-corrected chi connectivity index (χ2v) is 8.76. The minimum Gasteiger partial charge on any atom is -0.493 e. The lowest BCUT2D eigenvalue weighted by molar-refractivity contribution is -0.139. The number of aliphatic hydroxyl groups is 2. The van der Waals surface area contributed by atoms with Crippen LogP contribution in [0.15, 0.2) is 23.8 Å². The second-order valence-electron chi connectivity index (χ2n) is 7.60. The van der Waals surface area contributed by atoms with E-state index in [0.29, 0.717) is 32.5 Å². The highest BCUT2D eigenvalue weighted by Crippen LogP contribution is 2.36. The minimum absolute atomic E-state index is 0.0646. The van der Waals surface area contributed by atoms with E-state index in [0.717, 1.165) is 0 Å². The molecule has 3 N–H and O–H groups in total. The highest BCUT2D eigenvalue weighted by molar-refractivity contribution is 14.1. The maximum absolute atomic E-state index is 12.7. The molecule has 11 heteroatoms. The van der Waals surface area contributed by atoms with Gasteiger partial charge < -0.3 is 34.6 Å². The summed E-state index contributed by atoms with van der Waals surface area (Å²) in [5.74, 6) is -0.0218. The molecule has 0 spiro atoms. The maximum atomic E-state index is 12.7. The molecule has 1 aromatic rings. The van der Waals surface area contributed by atoms with Crippen LogP contribution in [0, 0.1) is 3.57 Å². The first kappa shape index (κ1) is 28.0. The molecular formula is C23H31IN2O8. The Morgan fingerprint density at radius 1 is 1.32 bits per heavy atom. The SMILES string of the molecule is CCC(=O)N(CCOC)C1CC(C(=O)NCCO)=CC(Oc2c(I)cc(C=O)cc2OC)C1O. The number of ether oxygens (including phenoxy) is 3. The molecule has 0 heterocycles. The van der Waals surface area contributed by atoms with E-state index in [4.69, 9.17) is 19.3 Å². The summed E-state index contributed by atoms with van der Waals surface area (Å²) in [6.45, 7) is 2.05. The van der Waals surface area contributed by atoms with Crippen LogP contribution >= 0.6 is 22.6 Å². The Kier molecular flexibility index (Phi) is 11.2. The molecule has 0 aromatic heterocycles. The van der Waals surface area contributed by atoms with Gasteiger partial charge in [0.05, 0.1) is 29.9 Å².